The summed E-state index contributed by atoms with van der Waals surface area (Å²) in [7, 11) is -7.55. The minimum atomic E-state index is -3.78. The lowest BCUT2D eigenvalue weighted by Crippen LogP contribution is -2.31. The van der Waals surface area contributed by atoms with Crippen LogP contribution in [0.4, 0.5) is 11.6 Å². The summed E-state index contributed by atoms with van der Waals surface area (Å²) in [4.78, 5) is 16.4. The monoisotopic (exact) mass is 916 g/mol. The molecule has 4 rings (SSSR count). The van der Waals surface area contributed by atoms with Gasteiger partial charge in [0.2, 0.25) is 11.8 Å². The van der Waals surface area contributed by atoms with Crippen molar-refractivity contribution in [2.24, 2.45) is 0 Å². The number of hydrogen-bond donors (Lipinski definition) is 5. The second-order valence-electron chi connectivity index (χ2n) is 12.2. The van der Waals surface area contributed by atoms with E-state index in [1.807, 2.05) is 71.0 Å². The molecule has 2 aromatic heterocycles. The molecule has 16 nitrogen and oxygen atoms in total. The van der Waals surface area contributed by atoms with Crippen LogP contribution in [0.5, 0.6) is 11.8 Å². The zero-order valence-corrected chi connectivity index (χ0v) is 35.4. The smallest absolute Gasteiger partial charge is 0.300 e. The van der Waals surface area contributed by atoms with Gasteiger partial charge in [-0.1, -0.05) is 70.0 Å². The Kier molecular flexibility index (Phi) is 17.9. The number of aliphatic hydroxyl groups excluding tert-OH is 1. The topological polar surface area (TPSA) is 216 Å². The van der Waals surface area contributed by atoms with E-state index in [1.165, 1.54) is 12.7 Å². The second kappa shape index (κ2) is 21.6. The Bertz CT molecular complexity index is 1990. The molecule has 54 heavy (non-hydrogen) atoms. The number of hydrogen-bond acceptors (Lipinski definition) is 12. The molecule has 296 valence electrons. The van der Waals surface area contributed by atoms with E-state index in [2.05, 4.69) is 70.7 Å². The van der Waals surface area contributed by atoms with E-state index in [1.54, 1.807) is 12.1 Å². The SMILES string of the molecule is CCCNS(=O)(=O)Nc1ncnc(OCCO)c1-c1ccc(Br)cc1.CCCNS(=O)(=O)Nc1ncnc(OCCOC(C)(C)C)c1-c1ccc(Br)cc1. The standard InChI is InChI=1S/C19H27BrN4O4S.C15H19BrN4O4S/c1-5-10-23-29(25,26)24-17-16(14-6-8-15(20)9-7-14)18(22-13-21-17)27-11-12-28-19(2,3)4;1-2-7-19-25(22,23)20-14-13(11-3-5-12(16)6-4-11)15(18-10-17-14)24-9-8-21/h6-9,13,23H,5,10-12H2,1-4H3,(H,21,22,24);3-6,10,19,21H,2,7-9H2,1H3,(H,17,18,20). The maximum Gasteiger partial charge on any atom is 0.300 e. The second-order valence-corrected chi connectivity index (χ2v) is 17.0. The normalized spacial score (nSPS) is 11.7. The first-order valence-electron chi connectivity index (χ1n) is 16.8. The van der Waals surface area contributed by atoms with Crippen molar-refractivity contribution in [3.63, 3.8) is 0 Å². The molecule has 5 N–H and O–H groups in total. The Morgan fingerprint density at radius 1 is 0.648 bits per heavy atom. The van der Waals surface area contributed by atoms with Gasteiger partial charge in [-0.15, -0.1) is 0 Å². The third kappa shape index (κ3) is 15.3. The van der Waals surface area contributed by atoms with Gasteiger partial charge in [0.25, 0.3) is 20.4 Å². The van der Waals surface area contributed by atoms with Gasteiger partial charge in [-0.2, -0.15) is 26.3 Å². The van der Waals surface area contributed by atoms with Crippen molar-refractivity contribution in [2.75, 3.05) is 49.0 Å². The Labute approximate surface area is 333 Å². The van der Waals surface area contributed by atoms with Crippen molar-refractivity contribution in [3.05, 3.63) is 70.1 Å². The molecule has 2 aromatic carbocycles. The number of anilines is 2. The molecule has 0 saturated carbocycles. The molecule has 0 aliphatic rings. The van der Waals surface area contributed by atoms with Gasteiger partial charge in [-0.05, 0) is 69.0 Å². The minimum Gasteiger partial charge on any atom is -0.475 e. The fraction of sp³-hybridized carbons (Fsp3) is 0.412. The van der Waals surface area contributed by atoms with Crippen molar-refractivity contribution in [2.45, 2.75) is 53.1 Å². The summed E-state index contributed by atoms with van der Waals surface area (Å²) < 4.78 is 77.4. The van der Waals surface area contributed by atoms with Crippen molar-refractivity contribution in [1.82, 2.24) is 29.4 Å². The van der Waals surface area contributed by atoms with Gasteiger partial charge in [0.1, 0.15) is 25.9 Å². The quantitative estimate of drug-likeness (QED) is 0.0718. The lowest BCUT2D eigenvalue weighted by molar-refractivity contribution is -0.0167. The lowest BCUT2D eigenvalue weighted by atomic mass is 10.1. The van der Waals surface area contributed by atoms with E-state index in [-0.39, 0.29) is 48.8 Å². The number of nitrogens with zero attached hydrogens (tertiary/aromatic N) is 4. The van der Waals surface area contributed by atoms with Crippen molar-refractivity contribution >= 4 is 63.9 Å². The van der Waals surface area contributed by atoms with Crippen LogP contribution in [-0.4, -0.2) is 87.0 Å². The van der Waals surface area contributed by atoms with Gasteiger partial charge >= 0.3 is 0 Å². The predicted molar refractivity (Wildman–Crippen MR) is 216 cm³/mol. The first kappa shape index (κ1) is 44.9. The van der Waals surface area contributed by atoms with E-state index < -0.39 is 20.4 Å². The number of halogens is 2. The summed E-state index contributed by atoms with van der Waals surface area (Å²) in [5.41, 5.74) is 1.96. The zero-order chi connectivity index (χ0) is 39.8. The Morgan fingerprint density at radius 3 is 1.43 bits per heavy atom. The number of aromatic nitrogens is 4. The summed E-state index contributed by atoms with van der Waals surface area (Å²) in [5, 5.41) is 8.98. The number of nitrogens with one attached hydrogen (secondary N) is 4. The van der Waals surface area contributed by atoms with Crippen LogP contribution in [0.2, 0.25) is 0 Å². The summed E-state index contributed by atoms with van der Waals surface area (Å²) >= 11 is 6.76. The number of aliphatic hydroxyl groups is 1. The molecule has 0 aliphatic carbocycles. The van der Waals surface area contributed by atoms with Gasteiger partial charge in [0.15, 0.2) is 11.6 Å². The molecule has 0 unspecified atom stereocenters. The minimum absolute atomic E-state index is 0.0286. The fourth-order valence-corrected chi connectivity index (χ4v) is 6.73. The van der Waals surface area contributed by atoms with Crippen LogP contribution in [0.25, 0.3) is 22.3 Å². The number of benzene rings is 2. The first-order valence-corrected chi connectivity index (χ1v) is 21.4. The maximum absolute atomic E-state index is 12.3. The maximum atomic E-state index is 12.3. The Balaban J connectivity index is 0.000000294. The first-order chi connectivity index (χ1) is 25.6. The molecule has 0 bridgehead atoms. The average molecular weight is 919 g/mol. The van der Waals surface area contributed by atoms with Crippen LogP contribution in [0, 0.1) is 0 Å². The summed E-state index contributed by atoms with van der Waals surface area (Å²) in [6.07, 6.45) is 3.80. The van der Waals surface area contributed by atoms with Crippen LogP contribution < -0.4 is 28.4 Å². The number of ether oxygens (including phenoxy) is 3. The van der Waals surface area contributed by atoms with Crippen LogP contribution in [0.3, 0.4) is 0 Å². The molecular weight excluding hydrogens is 872 g/mol. The van der Waals surface area contributed by atoms with E-state index in [0.29, 0.717) is 54.8 Å². The highest BCUT2D eigenvalue weighted by Crippen LogP contribution is 2.36. The molecule has 4 aromatic rings. The van der Waals surface area contributed by atoms with Crippen molar-refractivity contribution in [3.8, 4) is 34.0 Å². The van der Waals surface area contributed by atoms with Crippen LogP contribution in [0.15, 0.2) is 70.1 Å². The summed E-state index contributed by atoms with van der Waals surface area (Å²) in [6.45, 7) is 10.7. The molecule has 0 atom stereocenters. The van der Waals surface area contributed by atoms with E-state index in [0.717, 1.165) is 8.95 Å². The molecular formula is C34H46Br2N8O8S2. The largest absolute Gasteiger partial charge is 0.475 e. The summed E-state index contributed by atoms with van der Waals surface area (Å²) in [5.74, 6) is 0.680. The average Bonchev–Trinajstić information content (AvgIpc) is 3.11. The summed E-state index contributed by atoms with van der Waals surface area (Å²) in [6, 6.07) is 14.6. The molecule has 0 radical (unpaired) electrons. The van der Waals surface area contributed by atoms with Gasteiger partial charge in [-0.25, -0.2) is 19.9 Å². The Hall–Kier alpha value is -3.50. The number of rotatable bonds is 19. The lowest BCUT2D eigenvalue weighted by Gasteiger charge is -2.20. The highest BCUT2D eigenvalue weighted by Gasteiger charge is 2.21. The van der Waals surface area contributed by atoms with Gasteiger partial charge < -0.3 is 19.3 Å². The molecule has 0 spiro atoms. The Morgan fingerprint density at radius 2 is 1.06 bits per heavy atom. The zero-order valence-electron chi connectivity index (χ0n) is 30.6. The fourth-order valence-electron chi connectivity index (χ4n) is 4.29. The molecule has 0 fully saturated rings. The van der Waals surface area contributed by atoms with Crippen molar-refractivity contribution < 1.29 is 36.2 Å². The molecule has 0 amide bonds. The molecule has 0 aliphatic heterocycles. The van der Waals surface area contributed by atoms with Crippen LogP contribution in [0.1, 0.15) is 47.5 Å². The van der Waals surface area contributed by atoms with Crippen molar-refractivity contribution in [1.29, 1.82) is 0 Å². The van der Waals surface area contributed by atoms with Gasteiger partial charge in [0, 0.05) is 22.0 Å². The van der Waals surface area contributed by atoms with E-state index in [9.17, 15) is 16.8 Å². The highest BCUT2D eigenvalue weighted by molar-refractivity contribution is 9.10. The van der Waals surface area contributed by atoms with E-state index in [4.69, 9.17) is 19.3 Å². The predicted octanol–water partition coefficient (Wildman–Crippen LogP) is 5.69. The van der Waals surface area contributed by atoms with Gasteiger partial charge in [-0.3, -0.25) is 9.44 Å². The molecule has 2 heterocycles. The van der Waals surface area contributed by atoms with Crippen LogP contribution >= 0.6 is 31.9 Å². The van der Waals surface area contributed by atoms with Crippen LogP contribution in [-0.2, 0) is 25.2 Å². The third-order valence-electron chi connectivity index (χ3n) is 6.62. The van der Waals surface area contributed by atoms with E-state index >= 15 is 0 Å². The molecule has 20 heteroatoms. The third-order valence-corrected chi connectivity index (χ3v) is 9.77. The highest BCUT2D eigenvalue weighted by atomic mass is 79.9. The van der Waals surface area contributed by atoms with Gasteiger partial charge in [0.05, 0.1) is 29.9 Å². The molecule has 0 saturated heterocycles.